The fraction of sp³-hybridized carbons (Fsp3) is 0.0952. The number of anilines is 1. The summed E-state index contributed by atoms with van der Waals surface area (Å²) in [6, 6.07) is 8.01. The number of hydrogen-bond acceptors (Lipinski definition) is 4. The molecule has 0 atom stereocenters. The zero-order chi connectivity index (χ0) is 26.0. The minimum Gasteiger partial charge on any atom is -0.437 e. The SMILES string of the molecule is O=C(NC(=O)c1ccccc1C(F)(F)F)Nc1ccc(Oc2ccc(C(F)(F)F)c(Cl)n2)c(Cl)c1. The number of ether oxygens (including phenoxy) is 1. The molecule has 184 valence electrons. The molecule has 0 saturated heterocycles. The molecule has 0 bridgehead atoms. The van der Waals surface area contributed by atoms with Crippen LogP contribution in [0.2, 0.25) is 10.2 Å². The molecule has 35 heavy (non-hydrogen) atoms. The molecule has 1 aromatic heterocycles. The minimum atomic E-state index is -4.81. The Balaban J connectivity index is 1.68. The van der Waals surface area contributed by atoms with Gasteiger partial charge in [-0.15, -0.1) is 0 Å². The molecule has 6 nitrogen and oxygen atoms in total. The van der Waals surface area contributed by atoms with Gasteiger partial charge in [0.25, 0.3) is 5.91 Å². The van der Waals surface area contributed by atoms with Crippen LogP contribution in [0, 0.1) is 0 Å². The van der Waals surface area contributed by atoms with E-state index in [1.165, 1.54) is 18.2 Å². The summed E-state index contributed by atoms with van der Waals surface area (Å²) in [4.78, 5) is 27.7. The van der Waals surface area contributed by atoms with Crippen LogP contribution in [0.4, 0.5) is 36.8 Å². The number of nitrogens with one attached hydrogen (secondary N) is 2. The van der Waals surface area contributed by atoms with Gasteiger partial charge in [0.2, 0.25) is 5.88 Å². The first-order valence-corrected chi connectivity index (χ1v) is 10.0. The monoisotopic (exact) mass is 537 g/mol. The molecule has 0 fully saturated rings. The van der Waals surface area contributed by atoms with Crippen LogP contribution in [0.15, 0.2) is 54.6 Å². The first kappa shape index (κ1) is 26.1. The van der Waals surface area contributed by atoms with E-state index in [4.69, 9.17) is 27.9 Å². The Labute approximate surface area is 202 Å². The zero-order valence-electron chi connectivity index (χ0n) is 16.9. The molecule has 2 N–H and O–H groups in total. The second-order valence-electron chi connectivity index (χ2n) is 6.68. The number of carbonyl (C=O) groups excluding carboxylic acids is 2. The van der Waals surface area contributed by atoms with Gasteiger partial charge in [-0.3, -0.25) is 10.1 Å². The first-order chi connectivity index (χ1) is 16.3. The summed E-state index contributed by atoms with van der Waals surface area (Å²) in [7, 11) is 0. The summed E-state index contributed by atoms with van der Waals surface area (Å²) in [5, 5.41) is 3.04. The summed E-state index contributed by atoms with van der Waals surface area (Å²) < 4.78 is 82.8. The Morgan fingerprint density at radius 1 is 0.857 bits per heavy atom. The average Bonchev–Trinajstić information content (AvgIpc) is 2.74. The summed E-state index contributed by atoms with van der Waals surface area (Å²) in [5.41, 5.74) is -3.10. The van der Waals surface area contributed by atoms with Crippen molar-refractivity contribution in [3.05, 3.63) is 81.5 Å². The number of hydrogen-bond donors (Lipinski definition) is 2. The molecular formula is C21H11Cl2F6N3O3. The Kier molecular flexibility index (Phi) is 7.46. The number of aromatic nitrogens is 1. The second kappa shape index (κ2) is 10.0. The number of rotatable bonds is 4. The molecule has 3 rings (SSSR count). The summed E-state index contributed by atoms with van der Waals surface area (Å²) >= 11 is 11.6. The molecule has 0 aliphatic heterocycles. The molecule has 0 saturated carbocycles. The van der Waals surface area contributed by atoms with E-state index >= 15 is 0 Å². The van der Waals surface area contributed by atoms with Crippen molar-refractivity contribution in [3.63, 3.8) is 0 Å². The van der Waals surface area contributed by atoms with E-state index in [2.05, 4.69) is 10.3 Å². The van der Waals surface area contributed by atoms with E-state index in [-0.39, 0.29) is 22.3 Å². The van der Waals surface area contributed by atoms with Gasteiger partial charge in [-0.05, 0) is 36.4 Å². The lowest BCUT2D eigenvalue weighted by molar-refractivity contribution is -0.138. The largest absolute Gasteiger partial charge is 0.437 e. The predicted molar refractivity (Wildman–Crippen MR) is 114 cm³/mol. The number of alkyl halides is 6. The Bertz CT molecular complexity index is 1280. The van der Waals surface area contributed by atoms with Crippen LogP contribution in [-0.4, -0.2) is 16.9 Å². The lowest BCUT2D eigenvalue weighted by atomic mass is 10.1. The summed E-state index contributed by atoms with van der Waals surface area (Å²) in [6.45, 7) is 0. The second-order valence-corrected chi connectivity index (χ2v) is 7.45. The highest BCUT2D eigenvalue weighted by Gasteiger charge is 2.35. The highest BCUT2D eigenvalue weighted by molar-refractivity contribution is 6.32. The molecule has 0 radical (unpaired) electrons. The van der Waals surface area contributed by atoms with Gasteiger partial charge < -0.3 is 10.1 Å². The van der Waals surface area contributed by atoms with Crippen molar-refractivity contribution in [2.24, 2.45) is 0 Å². The van der Waals surface area contributed by atoms with Crippen LogP contribution in [0.5, 0.6) is 11.6 Å². The van der Waals surface area contributed by atoms with E-state index in [0.29, 0.717) is 12.1 Å². The Hall–Kier alpha value is -3.51. The van der Waals surface area contributed by atoms with Crippen LogP contribution >= 0.6 is 23.2 Å². The molecule has 14 heteroatoms. The van der Waals surface area contributed by atoms with Gasteiger partial charge in [-0.1, -0.05) is 35.3 Å². The van der Waals surface area contributed by atoms with Gasteiger partial charge in [-0.25, -0.2) is 9.78 Å². The number of pyridine rings is 1. The third-order valence-corrected chi connectivity index (χ3v) is 4.82. The molecular weight excluding hydrogens is 527 g/mol. The van der Waals surface area contributed by atoms with Crippen molar-refractivity contribution in [2.45, 2.75) is 12.4 Å². The minimum absolute atomic E-state index is 0.0233. The van der Waals surface area contributed by atoms with E-state index in [1.54, 1.807) is 5.32 Å². The number of nitrogens with zero attached hydrogens (tertiary/aromatic N) is 1. The Morgan fingerprint density at radius 2 is 1.51 bits per heavy atom. The van der Waals surface area contributed by atoms with Crippen LogP contribution in [0.3, 0.4) is 0 Å². The van der Waals surface area contributed by atoms with Crippen molar-refractivity contribution in [2.75, 3.05) is 5.32 Å². The number of imide groups is 1. The quantitative estimate of drug-likeness (QED) is 0.273. The molecule has 0 spiro atoms. The zero-order valence-corrected chi connectivity index (χ0v) is 18.4. The Morgan fingerprint density at radius 3 is 2.11 bits per heavy atom. The fourth-order valence-electron chi connectivity index (χ4n) is 2.72. The highest BCUT2D eigenvalue weighted by atomic mass is 35.5. The smallest absolute Gasteiger partial charge is 0.419 e. The maximum absolute atomic E-state index is 13.1. The van der Waals surface area contributed by atoms with E-state index in [9.17, 15) is 35.9 Å². The van der Waals surface area contributed by atoms with Gasteiger partial charge in [0.15, 0.2) is 0 Å². The standard InChI is InChI=1S/C21H11Cl2F6N3O3/c22-14-9-10(5-7-15(14)35-16-8-6-13(17(23)31-16)21(27,28)29)30-19(34)32-18(33)11-3-1-2-4-12(11)20(24,25)26/h1-9H,(H2,30,32,33,34). The van der Waals surface area contributed by atoms with Crippen LogP contribution in [0.1, 0.15) is 21.5 Å². The summed E-state index contributed by atoms with van der Waals surface area (Å²) in [5.74, 6) is -1.64. The molecule has 0 aliphatic carbocycles. The molecule has 2 aromatic carbocycles. The van der Waals surface area contributed by atoms with Crippen molar-refractivity contribution in [1.29, 1.82) is 0 Å². The normalized spacial score (nSPS) is 11.7. The number of benzene rings is 2. The van der Waals surface area contributed by atoms with Gasteiger partial charge >= 0.3 is 18.4 Å². The average molecular weight is 538 g/mol. The van der Waals surface area contributed by atoms with Crippen LogP contribution in [0.25, 0.3) is 0 Å². The van der Waals surface area contributed by atoms with E-state index < -0.39 is 46.1 Å². The topological polar surface area (TPSA) is 80.3 Å². The highest BCUT2D eigenvalue weighted by Crippen LogP contribution is 2.37. The fourth-order valence-corrected chi connectivity index (χ4v) is 3.19. The lowest BCUT2D eigenvalue weighted by Gasteiger charge is -2.13. The van der Waals surface area contributed by atoms with Gasteiger partial charge in [-0.2, -0.15) is 26.3 Å². The third-order valence-electron chi connectivity index (χ3n) is 4.24. The molecule has 3 amide bonds. The predicted octanol–water partition coefficient (Wildman–Crippen LogP) is 7.18. The van der Waals surface area contributed by atoms with Gasteiger partial charge in [0.05, 0.1) is 21.7 Å². The third kappa shape index (κ3) is 6.55. The van der Waals surface area contributed by atoms with Crippen molar-refractivity contribution < 1.29 is 40.7 Å². The molecule has 0 aliphatic rings. The van der Waals surface area contributed by atoms with Crippen molar-refractivity contribution >= 4 is 40.8 Å². The maximum atomic E-state index is 13.1. The number of carbonyl (C=O) groups is 2. The number of halogens is 8. The summed E-state index contributed by atoms with van der Waals surface area (Å²) in [6.07, 6.45) is -9.51. The van der Waals surface area contributed by atoms with Crippen molar-refractivity contribution in [1.82, 2.24) is 10.3 Å². The number of urea groups is 1. The van der Waals surface area contributed by atoms with E-state index in [1.807, 2.05) is 0 Å². The molecule has 0 unspecified atom stereocenters. The maximum Gasteiger partial charge on any atom is 0.419 e. The lowest BCUT2D eigenvalue weighted by Crippen LogP contribution is -2.35. The number of amides is 3. The van der Waals surface area contributed by atoms with Crippen molar-refractivity contribution in [3.8, 4) is 11.6 Å². The molecule has 1 heterocycles. The van der Waals surface area contributed by atoms with Gasteiger partial charge in [0.1, 0.15) is 10.9 Å². The van der Waals surface area contributed by atoms with Gasteiger partial charge in [0, 0.05) is 11.8 Å². The van der Waals surface area contributed by atoms with Crippen LogP contribution in [-0.2, 0) is 12.4 Å². The van der Waals surface area contributed by atoms with E-state index in [0.717, 1.165) is 24.3 Å². The van der Waals surface area contributed by atoms with Crippen LogP contribution < -0.4 is 15.4 Å². The first-order valence-electron chi connectivity index (χ1n) is 9.25. The molecule has 3 aromatic rings.